The molecule has 0 saturated heterocycles. The summed E-state index contributed by atoms with van der Waals surface area (Å²) in [7, 11) is 0. The highest BCUT2D eigenvalue weighted by Crippen LogP contribution is 2.47. The Morgan fingerprint density at radius 2 is 0.574 bits per heavy atom. The van der Waals surface area contributed by atoms with Crippen molar-refractivity contribution in [3.8, 4) is 11.5 Å². The van der Waals surface area contributed by atoms with E-state index < -0.39 is 0 Å². The topological polar surface area (TPSA) is 18.5 Å². The molecule has 0 fully saturated rings. The average molecular weight is 784 g/mol. The summed E-state index contributed by atoms with van der Waals surface area (Å²) in [6.45, 7) is 5.95. The van der Waals surface area contributed by atoms with Crippen molar-refractivity contribution in [2.45, 2.75) is 219 Å². The summed E-state index contributed by atoms with van der Waals surface area (Å²) in [6.07, 6.45) is 43.6. The van der Waals surface area contributed by atoms with Crippen LogP contribution in [0.5, 0.6) is 11.5 Å². The van der Waals surface area contributed by atoms with Crippen molar-refractivity contribution in [2.24, 2.45) is 0 Å². The number of benzene rings is 3. The number of halogens is 2. The van der Waals surface area contributed by atoms with Crippen LogP contribution in [0.4, 0.5) is 0 Å². The van der Waals surface area contributed by atoms with Gasteiger partial charge in [-0.05, 0) is 25.0 Å². The molecule has 2 nitrogen and oxygen atoms in total. The number of rotatable bonds is 36. The fourth-order valence-electron chi connectivity index (χ4n) is 8.11. The zero-order valence-electron chi connectivity index (χ0n) is 35.1. The second-order valence-electron chi connectivity index (χ2n) is 16.3. The third-order valence-electron chi connectivity index (χ3n) is 11.5. The molecule has 3 aromatic rings. The van der Waals surface area contributed by atoms with Crippen LogP contribution in [0.1, 0.15) is 219 Å². The SMILES string of the molecule is CCCCCCCCCCCCCCCCCCOc1c2cccc(Cl)c2c(OCCCCCCCCCCCCCCCCCC)c2cccc(Cl)c12. The van der Waals surface area contributed by atoms with E-state index in [2.05, 4.69) is 26.0 Å². The first-order chi connectivity index (χ1) is 26.7. The summed E-state index contributed by atoms with van der Waals surface area (Å²) < 4.78 is 13.2. The molecule has 0 heterocycles. The van der Waals surface area contributed by atoms with Crippen molar-refractivity contribution >= 4 is 44.7 Å². The van der Waals surface area contributed by atoms with Crippen LogP contribution >= 0.6 is 23.2 Å². The van der Waals surface area contributed by atoms with E-state index in [4.69, 9.17) is 32.7 Å². The molecule has 54 heavy (non-hydrogen) atoms. The van der Waals surface area contributed by atoms with E-state index in [1.807, 2.05) is 24.3 Å². The molecule has 3 rings (SSSR count). The average Bonchev–Trinajstić information content (AvgIpc) is 3.18. The number of ether oxygens (including phenoxy) is 2. The number of hydrogen-bond acceptors (Lipinski definition) is 2. The van der Waals surface area contributed by atoms with Gasteiger partial charge in [-0.2, -0.15) is 0 Å². The molecule has 0 aliphatic rings. The highest BCUT2D eigenvalue weighted by molar-refractivity contribution is 6.40. The van der Waals surface area contributed by atoms with E-state index in [0.29, 0.717) is 23.3 Å². The Bertz CT molecular complexity index is 1250. The third kappa shape index (κ3) is 19.0. The van der Waals surface area contributed by atoms with Crippen LogP contribution in [0.25, 0.3) is 21.5 Å². The van der Waals surface area contributed by atoms with Crippen LogP contribution in [0.15, 0.2) is 36.4 Å². The fourth-order valence-corrected chi connectivity index (χ4v) is 8.63. The van der Waals surface area contributed by atoms with Gasteiger partial charge in [-0.25, -0.2) is 0 Å². The highest BCUT2D eigenvalue weighted by Gasteiger charge is 2.20. The van der Waals surface area contributed by atoms with Crippen LogP contribution in [0.3, 0.4) is 0 Å². The van der Waals surface area contributed by atoms with E-state index in [9.17, 15) is 0 Å². The lowest BCUT2D eigenvalue weighted by Crippen LogP contribution is -2.03. The molecule has 0 atom stereocenters. The van der Waals surface area contributed by atoms with Gasteiger partial charge in [0.2, 0.25) is 0 Å². The summed E-state index contributed by atoms with van der Waals surface area (Å²) in [5.74, 6) is 1.67. The molecule has 0 radical (unpaired) electrons. The molecule has 4 heteroatoms. The normalized spacial score (nSPS) is 11.6. The van der Waals surface area contributed by atoms with Crippen molar-refractivity contribution in [3.63, 3.8) is 0 Å². The van der Waals surface area contributed by atoms with E-state index in [1.54, 1.807) is 0 Å². The Morgan fingerprint density at radius 1 is 0.333 bits per heavy atom. The zero-order valence-corrected chi connectivity index (χ0v) is 36.6. The van der Waals surface area contributed by atoms with Gasteiger partial charge >= 0.3 is 0 Å². The number of fused-ring (bicyclic) bond motifs is 2. The lowest BCUT2D eigenvalue weighted by Gasteiger charge is -2.19. The molecule has 0 amide bonds. The Kier molecular flexibility index (Phi) is 27.2. The third-order valence-corrected chi connectivity index (χ3v) is 12.1. The van der Waals surface area contributed by atoms with Crippen molar-refractivity contribution in [1.29, 1.82) is 0 Å². The maximum atomic E-state index is 6.89. The minimum atomic E-state index is 0.680. The molecule has 0 aromatic heterocycles. The van der Waals surface area contributed by atoms with Gasteiger partial charge in [0, 0.05) is 21.5 Å². The smallest absolute Gasteiger partial charge is 0.136 e. The largest absolute Gasteiger partial charge is 0.492 e. The zero-order chi connectivity index (χ0) is 38.3. The highest BCUT2D eigenvalue weighted by atomic mass is 35.5. The Morgan fingerprint density at radius 3 is 0.833 bits per heavy atom. The van der Waals surface area contributed by atoms with Crippen LogP contribution in [-0.2, 0) is 0 Å². The van der Waals surface area contributed by atoms with E-state index >= 15 is 0 Å². The molecule has 0 aliphatic heterocycles. The second kappa shape index (κ2) is 31.4. The maximum absolute atomic E-state index is 6.89. The molecule has 3 aromatic carbocycles. The second-order valence-corrected chi connectivity index (χ2v) is 17.1. The molecule has 0 N–H and O–H groups in total. The first kappa shape index (κ1) is 46.7. The minimum Gasteiger partial charge on any atom is -0.492 e. The molecule has 0 saturated carbocycles. The Hall–Kier alpha value is -1.64. The van der Waals surface area contributed by atoms with Gasteiger partial charge < -0.3 is 9.47 Å². The lowest BCUT2D eigenvalue weighted by atomic mass is 10.00. The van der Waals surface area contributed by atoms with Crippen molar-refractivity contribution < 1.29 is 9.47 Å². The van der Waals surface area contributed by atoms with Gasteiger partial charge in [-0.1, -0.05) is 254 Å². The summed E-state index contributed by atoms with van der Waals surface area (Å²) in [5, 5.41) is 5.25. The lowest BCUT2D eigenvalue weighted by molar-refractivity contribution is 0.306. The molecular formula is C50H80Cl2O2. The predicted octanol–water partition coefficient (Wildman–Crippen LogP) is 18.6. The Labute approximate surface area is 343 Å². The van der Waals surface area contributed by atoms with E-state index in [1.165, 1.54) is 193 Å². The fraction of sp³-hybridized carbons (Fsp3) is 0.720. The molecular weight excluding hydrogens is 703 g/mol. The summed E-state index contributed by atoms with van der Waals surface area (Å²) in [4.78, 5) is 0. The molecule has 306 valence electrons. The molecule has 0 aliphatic carbocycles. The number of hydrogen-bond donors (Lipinski definition) is 0. The van der Waals surface area contributed by atoms with Gasteiger partial charge in [-0.15, -0.1) is 0 Å². The van der Waals surface area contributed by atoms with Crippen LogP contribution in [0, 0.1) is 0 Å². The van der Waals surface area contributed by atoms with Crippen LogP contribution < -0.4 is 9.47 Å². The number of unbranched alkanes of at least 4 members (excludes halogenated alkanes) is 30. The van der Waals surface area contributed by atoms with Crippen molar-refractivity contribution in [1.82, 2.24) is 0 Å². The maximum Gasteiger partial charge on any atom is 0.136 e. The predicted molar refractivity (Wildman–Crippen MR) is 242 cm³/mol. The van der Waals surface area contributed by atoms with Gasteiger partial charge in [0.25, 0.3) is 0 Å². The monoisotopic (exact) mass is 783 g/mol. The van der Waals surface area contributed by atoms with Crippen LogP contribution in [-0.4, -0.2) is 13.2 Å². The van der Waals surface area contributed by atoms with Gasteiger partial charge in [0.15, 0.2) is 0 Å². The van der Waals surface area contributed by atoms with Gasteiger partial charge in [-0.3, -0.25) is 0 Å². The molecule has 0 spiro atoms. The summed E-state index contributed by atoms with van der Waals surface area (Å²) in [6, 6.07) is 12.1. The first-order valence-electron chi connectivity index (χ1n) is 23.3. The summed E-state index contributed by atoms with van der Waals surface area (Å²) >= 11 is 13.8. The quantitative estimate of drug-likeness (QED) is 0.0432. The first-order valence-corrected chi connectivity index (χ1v) is 24.0. The van der Waals surface area contributed by atoms with Crippen molar-refractivity contribution in [2.75, 3.05) is 13.2 Å². The van der Waals surface area contributed by atoms with Crippen LogP contribution in [0.2, 0.25) is 10.0 Å². The minimum absolute atomic E-state index is 0.680. The van der Waals surface area contributed by atoms with E-state index in [0.717, 1.165) is 45.9 Å². The van der Waals surface area contributed by atoms with E-state index in [-0.39, 0.29) is 0 Å². The Balaban J connectivity index is 1.34. The van der Waals surface area contributed by atoms with Gasteiger partial charge in [0.05, 0.1) is 23.3 Å². The molecule has 0 unspecified atom stereocenters. The molecule has 0 bridgehead atoms. The summed E-state index contributed by atoms with van der Waals surface area (Å²) in [5.41, 5.74) is 0. The standard InChI is InChI=1S/C50H80Cl2O2/c1-3-5-7-9-11-13-15-17-19-21-23-25-27-29-31-33-41-53-49-43-37-35-40-46(52)48(43)50(44-38-36-39-45(51)47(44)49)54-42-34-32-30-28-26-24-22-20-18-16-14-12-10-8-6-4-2/h35-40H,3-34,41-42H2,1-2H3. The van der Waals surface area contributed by atoms with Crippen molar-refractivity contribution in [3.05, 3.63) is 46.4 Å². The van der Waals surface area contributed by atoms with Gasteiger partial charge in [0.1, 0.15) is 11.5 Å².